The van der Waals surface area contributed by atoms with Crippen LogP contribution in [0.2, 0.25) is 0 Å². The first-order chi connectivity index (χ1) is 16.8. The van der Waals surface area contributed by atoms with Gasteiger partial charge in [0.25, 0.3) is 0 Å². The van der Waals surface area contributed by atoms with E-state index in [0.29, 0.717) is 16.7 Å². The number of allylic oxidation sites excluding steroid dienone is 2. The molecule has 0 heterocycles. The van der Waals surface area contributed by atoms with E-state index in [1.165, 1.54) is 57.8 Å². The van der Waals surface area contributed by atoms with E-state index in [4.69, 9.17) is 0 Å². The van der Waals surface area contributed by atoms with Gasteiger partial charge in [-0.2, -0.15) is 0 Å². The maximum Gasteiger partial charge on any atom is 0.223 e. The molecule has 0 saturated heterocycles. The van der Waals surface area contributed by atoms with Crippen LogP contribution in [0.25, 0.3) is 0 Å². The lowest BCUT2D eigenvalue weighted by Crippen LogP contribution is -3.00. The van der Waals surface area contributed by atoms with Crippen molar-refractivity contribution in [3.8, 4) is 0 Å². The highest BCUT2D eigenvalue weighted by atomic mass is 127. The molecule has 0 aliphatic heterocycles. The molecule has 0 spiro atoms. The molecule has 1 N–H and O–H groups in total. The van der Waals surface area contributed by atoms with Crippen LogP contribution in [0.4, 0.5) is 0 Å². The Morgan fingerprint density at radius 3 is 2.43 bits per heavy atom. The highest BCUT2D eigenvalue weighted by Gasteiger charge is 2.59. The fourth-order valence-corrected chi connectivity index (χ4v) is 9.57. The van der Waals surface area contributed by atoms with Crippen LogP contribution in [0.3, 0.4) is 0 Å². The van der Waals surface area contributed by atoms with E-state index >= 15 is 0 Å². The second-order valence-corrected chi connectivity index (χ2v) is 15.5. The second-order valence-electron chi connectivity index (χ2n) is 15.5. The lowest BCUT2D eigenvalue weighted by Gasteiger charge is -2.58. The Hall–Kier alpha value is -0.100. The number of nitrogens with one attached hydrogen (secondary N) is 1. The molecule has 0 aromatic carbocycles. The van der Waals surface area contributed by atoms with Gasteiger partial charge in [0, 0.05) is 5.92 Å². The molecular weight excluding hydrogens is 567 g/mol. The number of quaternary nitrogens is 1. The Balaban J connectivity index is 0.00000380. The zero-order valence-electron chi connectivity index (χ0n) is 25.5. The number of hydrogen-bond acceptors (Lipinski definition) is 1. The summed E-state index contributed by atoms with van der Waals surface area (Å²) >= 11 is 0. The maximum absolute atomic E-state index is 13.0. The first-order valence-electron chi connectivity index (χ1n) is 15.6. The Labute approximate surface area is 247 Å². The van der Waals surface area contributed by atoms with E-state index in [-0.39, 0.29) is 29.9 Å². The minimum atomic E-state index is 0. The van der Waals surface area contributed by atoms with E-state index in [2.05, 4.69) is 67.2 Å². The molecule has 1 amide bonds. The molecule has 0 aromatic rings. The zero-order chi connectivity index (χ0) is 26.3. The lowest BCUT2D eigenvalue weighted by atomic mass is 9.46. The summed E-state index contributed by atoms with van der Waals surface area (Å²) in [6.45, 7) is 14.4. The van der Waals surface area contributed by atoms with Crippen molar-refractivity contribution < 1.29 is 33.3 Å². The minimum Gasteiger partial charge on any atom is -1.00 e. The Kier molecular flexibility index (Phi) is 10.4. The number of rotatable bonds is 9. The molecule has 3 saturated carbocycles. The van der Waals surface area contributed by atoms with Crippen molar-refractivity contribution in [2.45, 2.75) is 105 Å². The number of halogens is 1. The van der Waals surface area contributed by atoms with Crippen LogP contribution in [-0.2, 0) is 4.79 Å². The van der Waals surface area contributed by atoms with Gasteiger partial charge in [0.2, 0.25) is 5.91 Å². The first-order valence-corrected chi connectivity index (χ1v) is 15.6. The molecule has 3 fully saturated rings. The summed E-state index contributed by atoms with van der Waals surface area (Å²) in [5, 5.41) is 3.26. The summed E-state index contributed by atoms with van der Waals surface area (Å²) in [5.74, 6) is 5.77. The van der Waals surface area contributed by atoms with E-state index in [1.807, 2.05) is 0 Å². The smallest absolute Gasteiger partial charge is 0.223 e. The monoisotopic (exact) mass is 626 g/mol. The molecule has 0 bridgehead atoms. The Bertz CT molecular complexity index is 816. The van der Waals surface area contributed by atoms with Gasteiger partial charge in [0.05, 0.1) is 34.2 Å². The molecule has 37 heavy (non-hydrogen) atoms. The second kappa shape index (κ2) is 12.2. The van der Waals surface area contributed by atoms with E-state index in [9.17, 15) is 4.79 Å². The number of likely N-dealkylation sites (N-methyl/N-ethyl adjacent to an activating group) is 1. The SMILES string of the molecule is CC(C)CCCC(C)C1CCC2C3CC=C4CC(C(=O)NCC[N+](C)(C)C)CCC4(C)C3CCC12C.[I-]. The molecule has 8 atom stereocenters. The van der Waals surface area contributed by atoms with Gasteiger partial charge in [0.15, 0.2) is 0 Å². The van der Waals surface area contributed by atoms with Crippen LogP contribution in [-0.4, -0.2) is 44.6 Å². The van der Waals surface area contributed by atoms with Gasteiger partial charge in [-0.1, -0.05) is 65.5 Å². The summed E-state index contributed by atoms with van der Waals surface area (Å²) in [4.78, 5) is 13.0. The number of fused-ring (bicyclic) bond motifs is 5. The van der Waals surface area contributed by atoms with Crippen molar-refractivity contribution in [3.63, 3.8) is 0 Å². The number of nitrogens with zero attached hydrogens (tertiary/aromatic N) is 1. The van der Waals surface area contributed by atoms with Crippen LogP contribution < -0.4 is 29.3 Å². The largest absolute Gasteiger partial charge is 1.00 e. The van der Waals surface area contributed by atoms with Crippen molar-refractivity contribution in [1.82, 2.24) is 5.32 Å². The molecule has 3 nitrogen and oxygen atoms in total. The van der Waals surface area contributed by atoms with Crippen molar-refractivity contribution in [1.29, 1.82) is 0 Å². The van der Waals surface area contributed by atoms with Crippen molar-refractivity contribution >= 4 is 5.91 Å². The molecule has 0 aromatic heterocycles. The van der Waals surface area contributed by atoms with Gasteiger partial charge < -0.3 is 33.8 Å². The van der Waals surface area contributed by atoms with Gasteiger partial charge in [-0.3, -0.25) is 4.79 Å². The summed E-state index contributed by atoms with van der Waals surface area (Å²) in [6.07, 6.45) is 17.2. The van der Waals surface area contributed by atoms with E-state index in [0.717, 1.165) is 65.9 Å². The van der Waals surface area contributed by atoms with E-state index < -0.39 is 0 Å². The number of carbonyl (C=O) groups is 1. The van der Waals surface area contributed by atoms with E-state index in [1.54, 1.807) is 5.57 Å². The number of amides is 1. The van der Waals surface area contributed by atoms with Gasteiger partial charge >= 0.3 is 0 Å². The highest BCUT2D eigenvalue weighted by molar-refractivity contribution is 5.79. The van der Waals surface area contributed by atoms with Crippen molar-refractivity contribution in [3.05, 3.63) is 11.6 Å². The zero-order valence-corrected chi connectivity index (χ0v) is 27.7. The van der Waals surface area contributed by atoms with Crippen LogP contribution in [0.15, 0.2) is 11.6 Å². The average Bonchev–Trinajstić information content (AvgIpc) is 3.14. The quantitative estimate of drug-likeness (QED) is 0.229. The molecule has 0 radical (unpaired) electrons. The summed E-state index contributed by atoms with van der Waals surface area (Å²) in [5.41, 5.74) is 2.54. The first kappa shape index (κ1) is 31.4. The predicted octanol–water partition coefficient (Wildman–Crippen LogP) is 4.47. The van der Waals surface area contributed by atoms with Crippen LogP contribution in [0, 0.1) is 52.3 Å². The van der Waals surface area contributed by atoms with Gasteiger partial charge in [0.1, 0.15) is 0 Å². The topological polar surface area (TPSA) is 29.1 Å². The summed E-state index contributed by atoms with van der Waals surface area (Å²) < 4.78 is 0.898. The fraction of sp³-hybridized carbons (Fsp3) is 0.909. The normalized spacial score (nSPS) is 38.1. The van der Waals surface area contributed by atoms with Crippen molar-refractivity contribution in [2.24, 2.45) is 52.3 Å². The lowest BCUT2D eigenvalue weighted by molar-refractivity contribution is -0.869. The van der Waals surface area contributed by atoms with Crippen LogP contribution >= 0.6 is 0 Å². The summed E-state index contributed by atoms with van der Waals surface area (Å²) in [6, 6.07) is 0. The maximum atomic E-state index is 13.0. The summed E-state index contributed by atoms with van der Waals surface area (Å²) in [7, 11) is 6.57. The molecule has 214 valence electrons. The Morgan fingerprint density at radius 2 is 1.76 bits per heavy atom. The molecule has 4 aliphatic carbocycles. The number of hydrogen-bond donors (Lipinski definition) is 1. The minimum absolute atomic E-state index is 0. The van der Waals surface area contributed by atoms with Crippen LogP contribution in [0.5, 0.6) is 0 Å². The van der Waals surface area contributed by atoms with Crippen molar-refractivity contribution in [2.75, 3.05) is 34.2 Å². The van der Waals surface area contributed by atoms with Gasteiger partial charge in [-0.05, 0) is 97.7 Å². The Morgan fingerprint density at radius 1 is 1.03 bits per heavy atom. The molecule has 4 heteroatoms. The standard InChI is InChI=1S/C33H58N2O.HI/c1-23(2)10-9-11-24(3)28-14-15-29-27-13-12-26-22-25(31(36)34-20-21-35(6,7)8)16-18-32(26,4)30(27)17-19-33(28,29)5;/h12,23-25,27-30H,9-11,13-22H2,1-8H3;1H. The third kappa shape index (κ3) is 6.63. The molecular formula is C33H59IN2O. The predicted molar refractivity (Wildman–Crippen MR) is 152 cm³/mol. The molecule has 4 aliphatic rings. The molecule has 4 rings (SSSR count). The number of carbonyl (C=O) groups excluding carboxylic acids is 1. The molecule has 8 unspecified atom stereocenters. The third-order valence-electron chi connectivity index (χ3n) is 11.8. The fourth-order valence-electron chi connectivity index (χ4n) is 9.57. The average molecular weight is 627 g/mol. The highest BCUT2D eigenvalue weighted by Crippen LogP contribution is 2.67. The van der Waals surface area contributed by atoms with Gasteiger partial charge in [-0.25, -0.2) is 0 Å². The van der Waals surface area contributed by atoms with Crippen LogP contribution in [0.1, 0.15) is 105 Å². The third-order valence-corrected chi connectivity index (χ3v) is 11.8. The van der Waals surface area contributed by atoms with Gasteiger partial charge in [-0.15, -0.1) is 0 Å².